The summed E-state index contributed by atoms with van der Waals surface area (Å²) in [7, 11) is 0. The molecule has 1 N–H and O–H groups in total. The largest absolute Gasteiger partial charge is 0.476 e. The van der Waals surface area contributed by atoms with Crippen LogP contribution in [0.3, 0.4) is 0 Å². The molecule has 0 saturated heterocycles. The van der Waals surface area contributed by atoms with E-state index in [-0.39, 0.29) is 11.3 Å². The predicted molar refractivity (Wildman–Crippen MR) is 47.7 cm³/mol. The van der Waals surface area contributed by atoms with Crippen molar-refractivity contribution in [3.63, 3.8) is 0 Å². The van der Waals surface area contributed by atoms with Gasteiger partial charge in [0.25, 0.3) is 0 Å². The number of hydrogen-bond acceptors (Lipinski definition) is 2. The molecule has 1 aliphatic heterocycles. The van der Waals surface area contributed by atoms with E-state index in [9.17, 15) is 18.0 Å². The minimum Gasteiger partial charge on any atom is -0.476 e. The summed E-state index contributed by atoms with van der Waals surface area (Å²) in [6, 6.07) is 5.09. The lowest BCUT2D eigenvalue weighted by Crippen LogP contribution is -2.43. The fraction of sp³-hybridized carbons (Fsp3) is 0.100. The molecule has 0 saturated carbocycles. The zero-order valence-electron chi connectivity index (χ0n) is 7.71. The van der Waals surface area contributed by atoms with Crippen LogP contribution in [0.1, 0.15) is 5.56 Å². The van der Waals surface area contributed by atoms with Gasteiger partial charge in [0.15, 0.2) is 5.83 Å². The number of para-hydroxylation sites is 1. The summed E-state index contributed by atoms with van der Waals surface area (Å²) in [4.78, 5) is 10.5. The second-order valence-corrected chi connectivity index (χ2v) is 3.13. The molecular formula is C10H5F3O3. The Morgan fingerprint density at radius 3 is 2.56 bits per heavy atom. The van der Waals surface area contributed by atoms with E-state index in [1.807, 2.05) is 0 Å². The molecule has 0 spiro atoms. The van der Waals surface area contributed by atoms with Gasteiger partial charge in [0.1, 0.15) is 5.75 Å². The number of benzene rings is 1. The highest BCUT2D eigenvalue weighted by Crippen LogP contribution is 2.42. The van der Waals surface area contributed by atoms with Crippen molar-refractivity contribution in [2.24, 2.45) is 0 Å². The minimum atomic E-state index is -3.79. The van der Waals surface area contributed by atoms with Gasteiger partial charge in [-0.3, -0.25) is 0 Å². The van der Waals surface area contributed by atoms with E-state index in [4.69, 9.17) is 5.11 Å². The summed E-state index contributed by atoms with van der Waals surface area (Å²) in [6.45, 7) is 0. The summed E-state index contributed by atoms with van der Waals surface area (Å²) >= 11 is 0. The maximum absolute atomic E-state index is 13.5. The van der Waals surface area contributed by atoms with Crippen LogP contribution >= 0.6 is 0 Å². The number of hydrogen-bond donors (Lipinski definition) is 1. The lowest BCUT2D eigenvalue weighted by atomic mass is 10.1. The van der Waals surface area contributed by atoms with Crippen LogP contribution in [-0.2, 0) is 4.79 Å². The molecule has 3 nitrogen and oxygen atoms in total. The molecule has 1 heterocycles. The van der Waals surface area contributed by atoms with Crippen LogP contribution in [-0.4, -0.2) is 16.9 Å². The number of halogens is 3. The average Bonchev–Trinajstić information content (AvgIpc) is 2.26. The first kappa shape index (κ1) is 10.5. The molecule has 0 amide bonds. The molecule has 1 aliphatic rings. The Labute approximate surface area is 87.8 Å². The number of carbonyl (C=O) groups is 1. The number of carboxylic acids is 1. The van der Waals surface area contributed by atoms with E-state index in [2.05, 4.69) is 4.74 Å². The van der Waals surface area contributed by atoms with Crippen molar-refractivity contribution in [3.8, 4) is 5.75 Å². The number of aliphatic carboxylic acids is 1. The second kappa shape index (κ2) is 3.26. The Morgan fingerprint density at radius 2 is 1.94 bits per heavy atom. The van der Waals surface area contributed by atoms with Gasteiger partial charge in [0, 0.05) is 0 Å². The van der Waals surface area contributed by atoms with Crippen molar-refractivity contribution in [3.05, 3.63) is 35.7 Å². The molecular weight excluding hydrogens is 225 g/mol. The zero-order chi connectivity index (χ0) is 11.9. The van der Waals surface area contributed by atoms with Crippen LogP contribution in [0.15, 0.2) is 30.1 Å². The van der Waals surface area contributed by atoms with Crippen molar-refractivity contribution in [2.75, 3.05) is 0 Å². The number of ether oxygens (including phenoxy) is 1. The standard InChI is InChI=1S/C10H5F3O3/c11-7-5-3-1-2-4-6(5)16-10(13,8(7)12)9(14)15/h1-4H,(H,14,15). The predicted octanol–water partition coefficient (Wildman–Crippen LogP) is 2.44. The van der Waals surface area contributed by atoms with Gasteiger partial charge in [-0.05, 0) is 12.1 Å². The molecule has 1 unspecified atom stereocenters. The lowest BCUT2D eigenvalue weighted by molar-refractivity contribution is -0.169. The molecule has 1 atom stereocenters. The zero-order valence-corrected chi connectivity index (χ0v) is 7.71. The van der Waals surface area contributed by atoms with Gasteiger partial charge in [0.2, 0.25) is 5.83 Å². The first-order valence-corrected chi connectivity index (χ1v) is 4.23. The number of alkyl halides is 1. The van der Waals surface area contributed by atoms with Crippen LogP contribution in [0.25, 0.3) is 5.83 Å². The van der Waals surface area contributed by atoms with Gasteiger partial charge in [-0.1, -0.05) is 12.1 Å². The van der Waals surface area contributed by atoms with E-state index in [0.29, 0.717) is 0 Å². The van der Waals surface area contributed by atoms with Gasteiger partial charge in [0.05, 0.1) is 5.56 Å². The summed E-state index contributed by atoms with van der Waals surface area (Å²) < 4.78 is 44.4. The molecule has 1 aromatic carbocycles. The van der Waals surface area contributed by atoms with Gasteiger partial charge in [-0.15, -0.1) is 0 Å². The monoisotopic (exact) mass is 230 g/mol. The van der Waals surface area contributed by atoms with E-state index in [1.165, 1.54) is 12.1 Å². The van der Waals surface area contributed by atoms with E-state index in [0.717, 1.165) is 12.1 Å². The smallest absolute Gasteiger partial charge is 0.401 e. The number of carboxylic acid groups (broad SMARTS) is 1. The maximum atomic E-state index is 13.5. The Balaban J connectivity index is 2.65. The molecule has 0 fully saturated rings. The highest BCUT2D eigenvalue weighted by molar-refractivity contribution is 5.85. The summed E-state index contributed by atoms with van der Waals surface area (Å²) in [5.41, 5.74) is -0.311. The molecule has 16 heavy (non-hydrogen) atoms. The van der Waals surface area contributed by atoms with Crippen molar-refractivity contribution in [2.45, 2.75) is 5.85 Å². The highest BCUT2D eigenvalue weighted by Gasteiger charge is 2.52. The topological polar surface area (TPSA) is 46.5 Å². The van der Waals surface area contributed by atoms with Crippen LogP contribution < -0.4 is 4.74 Å². The fourth-order valence-electron chi connectivity index (χ4n) is 1.33. The van der Waals surface area contributed by atoms with E-state index < -0.39 is 23.5 Å². The molecule has 2 rings (SSSR count). The van der Waals surface area contributed by atoms with Crippen molar-refractivity contribution < 1.29 is 27.8 Å². The highest BCUT2D eigenvalue weighted by atomic mass is 19.2. The minimum absolute atomic E-state index is 0.311. The third kappa shape index (κ3) is 1.26. The van der Waals surface area contributed by atoms with Crippen LogP contribution in [0.2, 0.25) is 0 Å². The molecule has 0 aromatic heterocycles. The maximum Gasteiger partial charge on any atom is 0.401 e. The van der Waals surface area contributed by atoms with E-state index in [1.54, 1.807) is 0 Å². The first-order chi connectivity index (χ1) is 7.47. The Hall–Kier alpha value is -1.98. The van der Waals surface area contributed by atoms with E-state index >= 15 is 0 Å². The molecule has 0 aliphatic carbocycles. The quantitative estimate of drug-likeness (QED) is 0.805. The Kier molecular flexibility index (Phi) is 2.15. The third-order valence-corrected chi connectivity index (χ3v) is 2.12. The molecule has 6 heteroatoms. The van der Waals surface area contributed by atoms with Crippen molar-refractivity contribution >= 4 is 11.8 Å². The molecule has 84 valence electrons. The van der Waals surface area contributed by atoms with Crippen LogP contribution in [0.5, 0.6) is 5.75 Å². The lowest BCUT2D eigenvalue weighted by Gasteiger charge is -2.26. The molecule has 0 radical (unpaired) electrons. The van der Waals surface area contributed by atoms with Crippen LogP contribution in [0, 0.1) is 0 Å². The summed E-state index contributed by atoms with van der Waals surface area (Å²) in [5.74, 6) is -10.0. The summed E-state index contributed by atoms with van der Waals surface area (Å²) in [5, 5.41) is 8.47. The third-order valence-electron chi connectivity index (χ3n) is 2.12. The summed E-state index contributed by atoms with van der Waals surface area (Å²) in [6.07, 6.45) is 0. The normalized spacial score (nSPS) is 23.7. The van der Waals surface area contributed by atoms with Crippen molar-refractivity contribution in [1.29, 1.82) is 0 Å². The Bertz CT molecular complexity index is 498. The second-order valence-electron chi connectivity index (χ2n) is 3.13. The molecule has 1 aromatic rings. The van der Waals surface area contributed by atoms with Gasteiger partial charge < -0.3 is 9.84 Å². The SMILES string of the molecule is O=C(O)C1(F)Oc2ccccc2C(F)=C1F. The van der Waals surface area contributed by atoms with Gasteiger partial charge in [-0.2, -0.15) is 4.39 Å². The van der Waals surface area contributed by atoms with Gasteiger partial charge in [-0.25, -0.2) is 13.6 Å². The fourth-order valence-corrected chi connectivity index (χ4v) is 1.33. The average molecular weight is 230 g/mol. The van der Waals surface area contributed by atoms with Gasteiger partial charge >= 0.3 is 11.8 Å². The number of rotatable bonds is 1. The Morgan fingerprint density at radius 1 is 1.31 bits per heavy atom. The molecule has 0 bridgehead atoms. The van der Waals surface area contributed by atoms with Crippen LogP contribution in [0.4, 0.5) is 13.2 Å². The number of fused-ring (bicyclic) bond motifs is 1. The first-order valence-electron chi connectivity index (χ1n) is 4.23. The van der Waals surface area contributed by atoms with Crippen molar-refractivity contribution in [1.82, 2.24) is 0 Å².